The van der Waals surface area contributed by atoms with Crippen LogP contribution in [0.1, 0.15) is 26.3 Å². The van der Waals surface area contributed by atoms with Crippen LogP contribution in [-0.4, -0.2) is 12.6 Å². The number of benzene rings is 1. The van der Waals surface area contributed by atoms with Gasteiger partial charge < -0.3 is 9.15 Å². The Kier molecular flexibility index (Phi) is 6.09. The smallest absolute Gasteiger partial charge is 0.330 e. The molecule has 0 saturated carbocycles. The lowest BCUT2D eigenvalue weighted by Crippen LogP contribution is -1.99. The second-order valence-electron chi connectivity index (χ2n) is 6.13. The number of carbonyl (C=O) groups is 1. The average molecular weight is 378 g/mol. The van der Waals surface area contributed by atoms with Crippen molar-refractivity contribution in [3.63, 3.8) is 0 Å². The van der Waals surface area contributed by atoms with Crippen LogP contribution in [0.4, 0.5) is 0 Å². The lowest BCUT2D eigenvalue weighted by Gasteiger charge is -2.01. The van der Waals surface area contributed by atoms with Crippen LogP contribution in [0.2, 0.25) is 0 Å². The van der Waals surface area contributed by atoms with E-state index in [0.717, 1.165) is 38.3 Å². The molecular weight excluding hydrogens is 356 g/mol. The second kappa shape index (κ2) is 8.69. The first kappa shape index (κ1) is 18.9. The first-order valence-corrected chi connectivity index (χ1v) is 9.74. The van der Waals surface area contributed by atoms with Crippen LogP contribution in [0.5, 0.6) is 0 Å². The van der Waals surface area contributed by atoms with Crippen molar-refractivity contribution in [1.82, 2.24) is 0 Å². The highest BCUT2D eigenvalue weighted by Gasteiger charge is 2.17. The Bertz CT molecular complexity index is 1020. The Labute approximate surface area is 163 Å². The molecule has 3 rings (SSSR count). The van der Waals surface area contributed by atoms with E-state index >= 15 is 0 Å². The second-order valence-corrected chi connectivity index (χ2v) is 7.08. The van der Waals surface area contributed by atoms with Gasteiger partial charge >= 0.3 is 5.97 Å². The third kappa shape index (κ3) is 4.47. The van der Waals surface area contributed by atoms with E-state index in [1.165, 1.54) is 6.08 Å². The number of furan rings is 1. The van der Waals surface area contributed by atoms with Gasteiger partial charge in [0.2, 0.25) is 0 Å². The van der Waals surface area contributed by atoms with E-state index in [4.69, 9.17) is 9.15 Å². The minimum atomic E-state index is -0.318. The summed E-state index contributed by atoms with van der Waals surface area (Å²) < 4.78 is 11.1. The number of carbonyl (C=O) groups excluding carboxylic acids is 1. The third-order valence-electron chi connectivity index (χ3n) is 4.07. The van der Waals surface area contributed by atoms with Crippen molar-refractivity contribution in [1.29, 1.82) is 0 Å². The van der Waals surface area contributed by atoms with Crippen molar-refractivity contribution in [2.45, 2.75) is 20.8 Å². The monoisotopic (exact) mass is 378 g/mol. The number of esters is 1. The van der Waals surface area contributed by atoms with Gasteiger partial charge in [0, 0.05) is 17.0 Å². The predicted molar refractivity (Wildman–Crippen MR) is 113 cm³/mol. The summed E-state index contributed by atoms with van der Waals surface area (Å²) in [5.74, 6) is 0.577. The molecule has 0 saturated heterocycles. The maximum Gasteiger partial charge on any atom is 0.330 e. The van der Waals surface area contributed by atoms with Crippen LogP contribution in [0.15, 0.2) is 76.1 Å². The maximum absolute atomic E-state index is 11.5. The molecule has 0 N–H and O–H groups in total. The molecule has 0 aliphatic carbocycles. The van der Waals surface area contributed by atoms with Gasteiger partial charge in [-0.05, 0) is 49.4 Å². The molecule has 0 atom stereocenters. The number of allylic oxidation sites excluding steroid dienone is 5. The number of hydrogen-bond acceptors (Lipinski definition) is 4. The van der Waals surface area contributed by atoms with E-state index in [1.807, 2.05) is 49.4 Å². The van der Waals surface area contributed by atoms with E-state index < -0.39 is 0 Å². The molecule has 0 bridgehead atoms. The highest BCUT2D eigenvalue weighted by atomic mass is 32.1. The summed E-state index contributed by atoms with van der Waals surface area (Å²) in [5.41, 5.74) is 3.92. The zero-order valence-electron chi connectivity index (χ0n) is 15.7. The van der Waals surface area contributed by atoms with Crippen LogP contribution < -0.4 is 0 Å². The van der Waals surface area contributed by atoms with Crippen LogP contribution >= 0.6 is 11.3 Å². The first-order valence-electron chi connectivity index (χ1n) is 8.86. The standard InChI is InChI=1S/C23H22O3S/c1-4-25-21(24)15-16(2)9-7-10-17(3)22-18-11-5-6-12-19(18)26-23(22)20-13-8-14-27-20/h5-15H,4H2,1-3H3/b9-7+,16-15+,17-10-. The summed E-state index contributed by atoms with van der Waals surface area (Å²) in [4.78, 5) is 12.6. The molecule has 27 heavy (non-hydrogen) atoms. The van der Waals surface area contributed by atoms with Crippen LogP contribution in [0, 0.1) is 0 Å². The summed E-state index contributed by atoms with van der Waals surface area (Å²) in [6.07, 6.45) is 7.37. The number of thiophene rings is 1. The lowest BCUT2D eigenvalue weighted by atomic mass is 10.0. The molecule has 0 fully saturated rings. The fraction of sp³-hybridized carbons (Fsp3) is 0.174. The Morgan fingerprint density at radius 1 is 1.19 bits per heavy atom. The van der Waals surface area contributed by atoms with Gasteiger partial charge in [-0.15, -0.1) is 11.3 Å². The highest BCUT2D eigenvalue weighted by molar-refractivity contribution is 7.13. The average Bonchev–Trinajstić information content (AvgIpc) is 3.29. The summed E-state index contributed by atoms with van der Waals surface area (Å²) >= 11 is 1.66. The first-order chi connectivity index (χ1) is 13.1. The van der Waals surface area contributed by atoms with Crippen LogP contribution in [0.3, 0.4) is 0 Å². The quantitative estimate of drug-likeness (QED) is 0.274. The normalized spacial score (nSPS) is 12.9. The van der Waals surface area contributed by atoms with Crippen molar-refractivity contribution >= 4 is 33.8 Å². The zero-order valence-corrected chi connectivity index (χ0v) is 16.5. The van der Waals surface area contributed by atoms with Crippen molar-refractivity contribution in [2.75, 3.05) is 6.61 Å². The molecule has 4 heteroatoms. The Morgan fingerprint density at radius 2 is 2.00 bits per heavy atom. The Morgan fingerprint density at radius 3 is 2.74 bits per heavy atom. The van der Waals surface area contributed by atoms with Crippen molar-refractivity contribution in [3.8, 4) is 10.6 Å². The number of para-hydroxylation sites is 1. The zero-order chi connectivity index (χ0) is 19.2. The molecule has 0 radical (unpaired) electrons. The van der Waals surface area contributed by atoms with Gasteiger partial charge in [0.1, 0.15) is 5.58 Å². The van der Waals surface area contributed by atoms with E-state index in [1.54, 1.807) is 18.3 Å². The number of rotatable bonds is 6. The lowest BCUT2D eigenvalue weighted by molar-refractivity contribution is -0.137. The van der Waals surface area contributed by atoms with Gasteiger partial charge in [-0.3, -0.25) is 0 Å². The largest absolute Gasteiger partial charge is 0.463 e. The number of fused-ring (bicyclic) bond motifs is 1. The van der Waals surface area contributed by atoms with Crippen molar-refractivity contribution in [2.24, 2.45) is 0 Å². The summed E-state index contributed by atoms with van der Waals surface area (Å²) in [7, 11) is 0. The van der Waals surface area contributed by atoms with E-state index in [0.29, 0.717) is 6.61 Å². The molecule has 0 aliphatic rings. The predicted octanol–water partition coefficient (Wildman–Crippen LogP) is 6.63. The molecule has 1 aromatic carbocycles. The van der Waals surface area contributed by atoms with Gasteiger partial charge in [-0.1, -0.05) is 42.5 Å². The fourth-order valence-corrected chi connectivity index (χ4v) is 3.58. The topological polar surface area (TPSA) is 39.4 Å². The summed E-state index contributed by atoms with van der Waals surface area (Å²) in [6, 6.07) is 12.2. The summed E-state index contributed by atoms with van der Waals surface area (Å²) in [5, 5.41) is 3.15. The van der Waals surface area contributed by atoms with E-state index in [2.05, 4.69) is 24.4 Å². The molecule has 0 aliphatic heterocycles. The van der Waals surface area contributed by atoms with Crippen LogP contribution in [-0.2, 0) is 9.53 Å². The minimum absolute atomic E-state index is 0.318. The highest BCUT2D eigenvalue weighted by Crippen LogP contribution is 2.39. The molecule has 0 unspecified atom stereocenters. The van der Waals surface area contributed by atoms with Crippen molar-refractivity contribution < 1.29 is 13.9 Å². The van der Waals surface area contributed by atoms with E-state index in [9.17, 15) is 4.79 Å². The van der Waals surface area contributed by atoms with Crippen molar-refractivity contribution in [3.05, 3.63) is 77.2 Å². The summed E-state index contributed by atoms with van der Waals surface area (Å²) in [6.45, 7) is 6.12. The van der Waals surface area contributed by atoms with E-state index in [-0.39, 0.29) is 5.97 Å². The van der Waals surface area contributed by atoms with Gasteiger partial charge in [-0.2, -0.15) is 0 Å². The number of hydrogen-bond donors (Lipinski definition) is 0. The van der Waals surface area contributed by atoms with Gasteiger partial charge in [-0.25, -0.2) is 4.79 Å². The third-order valence-corrected chi connectivity index (χ3v) is 4.94. The van der Waals surface area contributed by atoms with Gasteiger partial charge in [0.25, 0.3) is 0 Å². The molecule has 2 aromatic heterocycles. The maximum atomic E-state index is 11.5. The molecular formula is C23H22O3S. The Hall–Kier alpha value is -2.85. The Balaban J connectivity index is 1.94. The molecule has 3 aromatic rings. The molecule has 2 heterocycles. The molecule has 3 nitrogen and oxygen atoms in total. The molecule has 0 amide bonds. The van der Waals surface area contributed by atoms with Gasteiger partial charge in [0.15, 0.2) is 5.76 Å². The van der Waals surface area contributed by atoms with Gasteiger partial charge in [0.05, 0.1) is 11.5 Å². The van der Waals surface area contributed by atoms with Crippen LogP contribution in [0.25, 0.3) is 27.2 Å². The molecule has 138 valence electrons. The SMILES string of the molecule is CCOC(=O)/C=C(C)/C=C/C=C(/C)c1c(-c2cccs2)oc2ccccc12. The minimum Gasteiger partial charge on any atom is -0.463 e. The fourth-order valence-electron chi connectivity index (χ4n) is 2.86. The number of ether oxygens (including phenoxy) is 1. The molecule has 0 spiro atoms.